The van der Waals surface area contributed by atoms with E-state index in [9.17, 15) is 0 Å². The molecule has 0 heterocycles. The third-order valence-corrected chi connectivity index (χ3v) is 6.76. The molecule has 2 rings (SSSR count). The normalized spacial score (nSPS) is 14.5. The van der Waals surface area contributed by atoms with Crippen molar-refractivity contribution >= 4 is 0 Å². The van der Waals surface area contributed by atoms with E-state index < -0.39 is 0 Å². The van der Waals surface area contributed by atoms with E-state index in [2.05, 4.69) is 31.2 Å². The Morgan fingerprint density at radius 1 is 0.724 bits per heavy atom. The molecule has 0 radical (unpaired) electrons. The number of hydrogen-bond donors (Lipinski definition) is 0. The molecule has 0 bridgehead atoms. The van der Waals surface area contributed by atoms with Gasteiger partial charge in [0, 0.05) is 0 Å². The lowest BCUT2D eigenvalue weighted by Crippen LogP contribution is -2.00. The Kier molecular flexibility index (Phi) is 14.1. The van der Waals surface area contributed by atoms with Crippen LogP contribution in [0, 0.1) is 5.92 Å². The Bertz CT molecular complexity index is 489. The molecule has 1 aromatic carbocycles. The van der Waals surface area contributed by atoms with Gasteiger partial charge in [0.15, 0.2) is 0 Å². The maximum absolute atomic E-state index is 6.14. The standard InChI is InChI=1S/C28H48O/c1-2-3-4-5-6-10-13-22-27-23-16-17-24-28(27)29-25-18-11-8-7-9-12-19-26-20-14-15-21-26/h16-17,23-24,26H,2-15,18-22,25H2,1H3. The van der Waals surface area contributed by atoms with Crippen molar-refractivity contribution in [2.75, 3.05) is 6.61 Å². The number of unbranched alkanes of at least 4 members (excludes halogenated alkanes) is 11. The molecule has 1 aliphatic rings. The van der Waals surface area contributed by atoms with Crippen LogP contribution in [0.1, 0.15) is 128 Å². The summed E-state index contributed by atoms with van der Waals surface area (Å²) in [5.74, 6) is 2.21. The van der Waals surface area contributed by atoms with Crippen molar-refractivity contribution in [1.29, 1.82) is 0 Å². The summed E-state index contributed by atoms with van der Waals surface area (Å²) in [4.78, 5) is 0. The van der Waals surface area contributed by atoms with E-state index in [1.165, 1.54) is 128 Å². The summed E-state index contributed by atoms with van der Waals surface area (Å²) < 4.78 is 6.14. The highest BCUT2D eigenvalue weighted by molar-refractivity contribution is 5.33. The average Bonchev–Trinajstić information content (AvgIpc) is 3.26. The molecule has 1 aromatic rings. The van der Waals surface area contributed by atoms with Crippen LogP contribution in [-0.4, -0.2) is 6.61 Å². The molecule has 0 unspecified atom stereocenters. The van der Waals surface area contributed by atoms with Gasteiger partial charge in [0.2, 0.25) is 0 Å². The molecule has 1 saturated carbocycles. The molecular formula is C28H48O. The van der Waals surface area contributed by atoms with Gasteiger partial charge in [-0.2, -0.15) is 0 Å². The van der Waals surface area contributed by atoms with Crippen molar-refractivity contribution in [2.45, 2.75) is 129 Å². The Balaban J connectivity index is 1.46. The van der Waals surface area contributed by atoms with Gasteiger partial charge >= 0.3 is 0 Å². The molecule has 1 heteroatoms. The maximum atomic E-state index is 6.14. The number of hydrogen-bond acceptors (Lipinski definition) is 1. The smallest absolute Gasteiger partial charge is 0.122 e. The van der Waals surface area contributed by atoms with E-state index in [-0.39, 0.29) is 0 Å². The Morgan fingerprint density at radius 2 is 1.34 bits per heavy atom. The molecular weight excluding hydrogens is 352 g/mol. The highest BCUT2D eigenvalue weighted by atomic mass is 16.5. The van der Waals surface area contributed by atoms with E-state index in [1.807, 2.05) is 0 Å². The van der Waals surface area contributed by atoms with Gasteiger partial charge in [-0.1, -0.05) is 128 Å². The molecule has 0 saturated heterocycles. The molecule has 0 N–H and O–H groups in total. The minimum absolute atomic E-state index is 0.885. The van der Waals surface area contributed by atoms with Crippen LogP contribution in [0.2, 0.25) is 0 Å². The molecule has 1 nitrogen and oxygen atoms in total. The van der Waals surface area contributed by atoms with Crippen LogP contribution in [0.4, 0.5) is 0 Å². The van der Waals surface area contributed by atoms with Crippen LogP contribution in [0.5, 0.6) is 5.75 Å². The molecule has 0 aliphatic heterocycles. The zero-order valence-electron chi connectivity index (χ0n) is 19.4. The second-order valence-corrected chi connectivity index (χ2v) is 9.39. The summed E-state index contributed by atoms with van der Waals surface area (Å²) in [5, 5.41) is 0. The van der Waals surface area contributed by atoms with Gasteiger partial charge < -0.3 is 4.74 Å². The second-order valence-electron chi connectivity index (χ2n) is 9.39. The van der Waals surface area contributed by atoms with Gasteiger partial charge in [0.25, 0.3) is 0 Å². The summed E-state index contributed by atoms with van der Waals surface area (Å²) in [6.45, 7) is 3.17. The van der Waals surface area contributed by atoms with E-state index in [4.69, 9.17) is 4.74 Å². The quantitative estimate of drug-likeness (QED) is 0.223. The topological polar surface area (TPSA) is 9.23 Å². The fraction of sp³-hybridized carbons (Fsp3) is 0.786. The lowest BCUT2D eigenvalue weighted by Gasteiger charge is -2.12. The first-order valence-corrected chi connectivity index (χ1v) is 13.1. The Hall–Kier alpha value is -0.980. The number of para-hydroxylation sites is 1. The SMILES string of the molecule is CCCCCCCCCc1ccccc1OCCCCCCCCC1CCCC1. The molecule has 0 atom stereocenters. The van der Waals surface area contributed by atoms with Crippen LogP contribution in [0.15, 0.2) is 24.3 Å². The highest BCUT2D eigenvalue weighted by Gasteiger charge is 2.13. The number of ether oxygens (including phenoxy) is 1. The molecule has 166 valence electrons. The first-order chi connectivity index (χ1) is 14.4. The lowest BCUT2D eigenvalue weighted by atomic mass is 9.99. The third-order valence-electron chi connectivity index (χ3n) is 6.76. The predicted octanol–water partition coefficient (Wildman–Crippen LogP) is 9.28. The predicted molar refractivity (Wildman–Crippen MR) is 128 cm³/mol. The van der Waals surface area contributed by atoms with Crippen molar-refractivity contribution in [3.63, 3.8) is 0 Å². The van der Waals surface area contributed by atoms with Crippen LogP contribution in [0.25, 0.3) is 0 Å². The molecule has 1 fully saturated rings. The van der Waals surface area contributed by atoms with Crippen molar-refractivity contribution in [3.05, 3.63) is 29.8 Å². The maximum Gasteiger partial charge on any atom is 0.122 e. The molecule has 1 aliphatic carbocycles. The monoisotopic (exact) mass is 400 g/mol. The number of benzene rings is 1. The van der Waals surface area contributed by atoms with Crippen molar-refractivity contribution in [2.24, 2.45) is 5.92 Å². The largest absolute Gasteiger partial charge is 0.493 e. The first kappa shape index (κ1) is 24.3. The summed E-state index contributed by atoms with van der Waals surface area (Å²) in [6, 6.07) is 8.71. The van der Waals surface area contributed by atoms with Crippen LogP contribution >= 0.6 is 0 Å². The average molecular weight is 401 g/mol. The van der Waals surface area contributed by atoms with Gasteiger partial charge in [-0.3, -0.25) is 0 Å². The first-order valence-electron chi connectivity index (χ1n) is 13.1. The zero-order chi connectivity index (χ0) is 20.4. The summed E-state index contributed by atoms with van der Waals surface area (Å²) >= 11 is 0. The van der Waals surface area contributed by atoms with E-state index >= 15 is 0 Å². The molecule has 0 aromatic heterocycles. The van der Waals surface area contributed by atoms with E-state index in [0.29, 0.717) is 0 Å². The van der Waals surface area contributed by atoms with Crippen LogP contribution < -0.4 is 4.74 Å². The molecule has 0 amide bonds. The fourth-order valence-electron chi connectivity index (χ4n) is 4.85. The van der Waals surface area contributed by atoms with Gasteiger partial charge in [0.1, 0.15) is 5.75 Å². The van der Waals surface area contributed by atoms with Crippen molar-refractivity contribution in [3.8, 4) is 5.75 Å². The van der Waals surface area contributed by atoms with E-state index in [0.717, 1.165) is 18.3 Å². The minimum Gasteiger partial charge on any atom is -0.493 e. The second kappa shape index (κ2) is 16.8. The van der Waals surface area contributed by atoms with E-state index in [1.54, 1.807) is 0 Å². The lowest BCUT2D eigenvalue weighted by molar-refractivity contribution is 0.301. The molecule has 29 heavy (non-hydrogen) atoms. The van der Waals surface area contributed by atoms with Crippen LogP contribution in [-0.2, 0) is 6.42 Å². The van der Waals surface area contributed by atoms with Gasteiger partial charge in [-0.25, -0.2) is 0 Å². The summed E-state index contributed by atoms with van der Waals surface area (Å²) in [6.07, 6.45) is 26.5. The summed E-state index contributed by atoms with van der Waals surface area (Å²) in [7, 11) is 0. The summed E-state index contributed by atoms with van der Waals surface area (Å²) in [5.41, 5.74) is 1.41. The number of aryl methyl sites for hydroxylation is 1. The van der Waals surface area contributed by atoms with Crippen molar-refractivity contribution in [1.82, 2.24) is 0 Å². The highest BCUT2D eigenvalue weighted by Crippen LogP contribution is 2.29. The van der Waals surface area contributed by atoms with Crippen molar-refractivity contribution < 1.29 is 4.74 Å². The Labute approximate surface area is 182 Å². The third kappa shape index (κ3) is 11.7. The van der Waals surface area contributed by atoms with Gasteiger partial charge in [-0.15, -0.1) is 0 Å². The number of rotatable bonds is 18. The fourth-order valence-corrected chi connectivity index (χ4v) is 4.85. The minimum atomic E-state index is 0.885. The van der Waals surface area contributed by atoms with Gasteiger partial charge in [-0.05, 0) is 36.8 Å². The molecule has 0 spiro atoms. The zero-order valence-corrected chi connectivity index (χ0v) is 19.4. The van der Waals surface area contributed by atoms with Gasteiger partial charge in [0.05, 0.1) is 6.61 Å². The van der Waals surface area contributed by atoms with Crippen LogP contribution in [0.3, 0.4) is 0 Å². The Morgan fingerprint density at radius 3 is 2.10 bits per heavy atom.